The van der Waals surface area contributed by atoms with Crippen molar-refractivity contribution in [1.29, 1.82) is 0 Å². The maximum absolute atomic E-state index is 14.4. The Hall–Kier alpha value is -7.00. The van der Waals surface area contributed by atoms with Crippen molar-refractivity contribution in [2.24, 2.45) is 94.7 Å². The van der Waals surface area contributed by atoms with E-state index < -0.39 is 143 Å². The van der Waals surface area contributed by atoms with Crippen molar-refractivity contribution < 1.29 is 67.0 Å². The Balaban J connectivity index is 1.19. The predicted octanol–water partition coefficient (Wildman–Crippen LogP) is 3.16. The van der Waals surface area contributed by atoms with Gasteiger partial charge in [-0.05, 0) is 108 Å². The fourth-order valence-corrected chi connectivity index (χ4v) is 16.6. The van der Waals surface area contributed by atoms with Crippen LogP contribution in [0.5, 0.6) is 0 Å². The first-order valence-electron chi connectivity index (χ1n) is 30.6. The van der Waals surface area contributed by atoms with E-state index in [0.29, 0.717) is 56.4 Å². The summed E-state index contributed by atoms with van der Waals surface area (Å²) in [5, 5.41) is 28.2. The SMILES string of the molecule is CC1=C2N=C(C=C3N/C(=C(/C)C4=N[C@@](C)([C@@H]5N=C1[C@](C)(CCC(=O)NC[C@H](C)OP(=O)(O)O[C@@H]1[C@@H](CO)OC(n6cnc7cc(C)c(C)cc76)[C@@H]1O)[C@H]5CC(N)=O)[C@@](C)(CC(N)=O)[C@@H]4CCC(N)=O)[C@@](C)(CC(N)=O)[C@@H]3CCC(N)=O)C(C)(C)[C@@H]2CCC(N)=O. The summed E-state index contributed by atoms with van der Waals surface area (Å²) >= 11 is 0. The van der Waals surface area contributed by atoms with Gasteiger partial charge in [-0.15, -0.1) is 0 Å². The van der Waals surface area contributed by atoms with E-state index in [-0.39, 0.29) is 77.2 Å². The molecule has 2 fully saturated rings. The van der Waals surface area contributed by atoms with Crippen LogP contribution >= 0.6 is 7.82 Å². The number of aromatic nitrogens is 2. The molecule has 6 aliphatic heterocycles. The molecule has 1 aromatic carbocycles. The number of aryl methyl sites for hydroxylation is 2. The van der Waals surface area contributed by atoms with Crippen molar-refractivity contribution in [1.82, 2.24) is 20.2 Å². The lowest BCUT2D eigenvalue weighted by Crippen LogP contribution is -2.56. The Kier molecular flexibility index (Phi) is 19.6. The molecule has 7 amide bonds. The van der Waals surface area contributed by atoms with Gasteiger partial charge in [0.15, 0.2) is 6.23 Å². The van der Waals surface area contributed by atoms with Crippen molar-refractivity contribution in [3.63, 3.8) is 0 Å². The van der Waals surface area contributed by atoms with Crippen LogP contribution in [-0.4, -0.2) is 132 Å². The number of ether oxygens (including phenoxy) is 1. The van der Waals surface area contributed by atoms with E-state index in [1.165, 1.54) is 13.3 Å². The Morgan fingerprint density at radius 1 is 0.800 bits per heavy atom. The fourth-order valence-electron chi connectivity index (χ4n) is 15.4. The summed E-state index contributed by atoms with van der Waals surface area (Å²) < 4.78 is 32.3. The molecular weight excluding hydrogens is 1180 g/mol. The number of hydrogen-bond acceptors (Lipinski definition) is 18. The van der Waals surface area contributed by atoms with E-state index in [0.717, 1.165) is 11.1 Å². The second kappa shape index (κ2) is 25.6. The number of carbonyl (C=O) groups is 7. The topological polar surface area (TPSA) is 460 Å². The molecular formula is C62H90N13O14P. The van der Waals surface area contributed by atoms with Gasteiger partial charge in [0.25, 0.3) is 0 Å². The number of phosphoric acid groups is 1. The zero-order valence-electron chi connectivity index (χ0n) is 53.3. The smallest absolute Gasteiger partial charge is 0.394 e. The summed E-state index contributed by atoms with van der Waals surface area (Å²) in [6.07, 6.45) is -4.26. The third kappa shape index (κ3) is 13.0. The summed E-state index contributed by atoms with van der Waals surface area (Å²) in [6, 6.07) is 2.70. The van der Waals surface area contributed by atoms with Gasteiger partial charge in [-0.25, -0.2) is 9.55 Å². The highest BCUT2D eigenvalue weighted by molar-refractivity contribution is 7.47. The Morgan fingerprint density at radius 3 is 1.99 bits per heavy atom. The lowest BCUT2D eigenvalue weighted by Gasteiger charge is -2.48. The first-order chi connectivity index (χ1) is 41.8. The van der Waals surface area contributed by atoms with Crippen LogP contribution in [0.25, 0.3) is 11.0 Å². The molecule has 0 radical (unpaired) electrons. The van der Waals surface area contributed by atoms with E-state index in [1.807, 2.05) is 87.4 Å². The number of phosphoric ester groups is 1. The highest BCUT2D eigenvalue weighted by atomic mass is 31.2. The van der Waals surface area contributed by atoms with E-state index >= 15 is 0 Å². The number of aliphatic hydroxyl groups is 2. The number of benzene rings is 1. The number of allylic oxidation sites excluding steroid dienone is 6. The second-order valence-electron chi connectivity index (χ2n) is 27.1. The molecule has 28 heteroatoms. The van der Waals surface area contributed by atoms with Gasteiger partial charge in [0.2, 0.25) is 41.4 Å². The van der Waals surface area contributed by atoms with Crippen molar-refractivity contribution in [3.05, 3.63) is 63.9 Å². The van der Waals surface area contributed by atoms with E-state index in [2.05, 4.69) is 15.6 Å². The number of imidazole rings is 1. The van der Waals surface area contributed by atoms with Crippen LogP contribution in [0.2, 0.25) is 0 Å². The molecule has 6 aliphatic rings. The number of nitrogens with zero attached hydrogens (tertiary/aromatic N) is 5. The molecule has 2 unspecified atom stereocenters. The van der Waals surface area contributed by atoms with E-state index in [4.69, 9.17) is 63.2 Å². The fraction of sp³-hybridized carbons (Fsp3) is 0.629. The first kappa shape index (κ1) is 68.9. The molecule has 15 atom stereocenters. The lowest BCUT2D eigenvalue weighted by atomic mass is 9.55. The normalized spacial score (nSPS) is 32.8. The number of aliphatic hydroxyl groups excluding tert-OH is 2. The molecule has 8 bridgehead atoms. The van der Waals surface area contributed by atoms with Crippen LogP contribution in [0.15, 0.2) is 67.8 Å². The largest absolute Gasteiger partial charge is 0.472 e. The molecule has 0 saturated carbocycles. The Bertz CT molecular complexity index is 3540. The van der Waals surface area contributed by atoms with Gasteiger partial charge in [-0.3, -0.25) is 57.6 Å². The maximum Gasteiger partial charge on any atom is 0.472 e. The number of carbonyl (C=O) groups excluding carboxylic acids is 7. The van der Waals surface area contributed by atoms with Crippen LogP contribution < -0.4 is 45.0 Å². The number of nitrogens with two attached hydrogens (primary N) is 6. The standard InChI is InChI=1S/C62H90N13O14P/c1-29-20-39-40(21-30(29)2)75(28-70-39)57-52(84)53(41(27-76)87-57)89-90(85,86)88-31(3)26-69-49(83)18-19-59(8)37(22-46(66)80)56-62(11)61(10,25-48(68)82)36(14-17-45(65)79)51(74-62)33(5)55-60(9,24-47(67)81)34(12-15-43(63)77)38(71-55)23-42-58(6,7)35(13-16-44(64)78)50(72-42)32(4)54(59)73-56/h20-21,23,28,31,34-37,41,52-53,56-57,71,76,84H,12-19,22,24-27H2,1-11H3,(H2,63,77)(H2,64,78)(H2,65,79)(H2,66,80)(H2,67,81)(H2,68,82)(H,69,83)(H,85,86)/b38-23?,50-32?,55-33-/t31-,34+,35+,36+,37-,41+,52+,53+,56+,57?,59+,60-,61-,62-/m0/s1. The van der Waals surface area contributed by atoms with Crippen molar-refractivity contribution in [2.75, 3.05) is 13.2 Å². The zero-order chi connectivity index (χ0) is 66.7. The maximum atomic E-state index is 14.4. The molecule has 2 saturated heterocycles. The summed E-state index contributed by atoms with van der Waals surface area (Å²) in [7, 11) is -5.07. The van der Waals surface area contributed by atoms with E-state index in [9.17, 15) is 53.2 Å². The summed E-state index contributed by atoms with van der Waals surface area (Å²) in [6.45, 7) is 19.3. The van der Waals surface area contributed by atoms with Gasteiger partial charge >= 0.3 is 7.82 Å². The number of nitrogens with one attached hydrogen (secondary N) is 2. The van der Waals surface area contributed by atoms with Crippen LogP contribution in [0.1, 0.15) is 150 Å². The predicted molar refractivity (Wildman–Crippen MR) is 334 cm³/mol. The Morgan fingerprint density at radius 2 is 1.40 bits per heavy atom. The van der Waals surface area contributed by atoms with Crippen molar-refractivity contribution >= 4 is 77.3 Å². The minimum absolute atomic E-state index is 0.0114. The molecule has 27 nitrogen and oxygen atoms in total. The number of hydrogen-bond donors (Lipinski definition) is 11. The molecule has 7 heterocycles. The molecule has 1 aromatic heterocycles. The zero-order valence-corrected chi connectivity index (χ0v) is 54.1. The molecule has 90 heavy (non-hydrogen) atoms. The number of primary amides is 6. The second-order valence-corrected chi connectivity index (χ2v) is 28.4. The molecule has 0 aliphatic carbocycles. The number of amides is 7. The third-order valence-electron chi connectivity index (χ3n) is 20.6. The van der Waals surface area contributed by atoms with Gasteiger partial charge in [-0.1, -0.05) is 34.6 Å². The van der Waals surface area contributed by atoms with Gasteiger partial charge in [0.1, 0.15) is 18.3 Å². The number of rotatable bonds is 26. The lowest BCUT2D eigenvalue weighted by molar-refractivity contribution is -0.124. The minimum atomic E-state index is -5.07. The Labute approximate surface area is 523 Å². The average Bonchev–Trinajstić information content (AvgIpc) is 1.53. The summed E-state index contributed by atoms with van der Waals surface area (Å²) in [5.74, 6) is -7.18. The van der Waals surface area contributed by atoms with E-state index in [1.54, 1.807) is 4.57 Å². The van der Waals surface area contributed by atoms with Crippen LogP contribution in [0.4, 0.5) is 0 Å². The molecule has 492 valence electrons. The quantitative estimate of drug-likeness (QED) is 0.0603. The molecule has 8 rings (SSSR count). The van der Waals surface area contributed by atoms with Gasteiger partial charge in [0, 0.05) is 131 Å². The summed E-state index contributed by atoms with van der Waals surface area (Å²) in [5.41, 5.74) is 37.4. The number of aliphatic imine (C=N–C) groups is 3. The highest BCUT2D eigenvalue weighted by Gasteiger charge is 2.66. The summed E-state index contributed by atoms with van der Waals surface area (Å²) in [4.78, 5) is 126. The van der Waals surface area contributed by atoms with Crippen LogP contribution in [0, 0.1) is 59.2 Å². The molecule has 0 spiro atoms. The van der Waals surface area contributed by atoms with Crippen LogP contribution in [-0.2, 0) is 51.9 Å². The van der Waals surface area contributed by atoms with Gasteiger partial charge < -0.3 is 69.4 Å². The van der Waals surface area contributed by atoms with Gasteiger partial charge in [0.05, 0.1) is 41.7 Å². The monoisotopic (exact) mass is 1270 g/mol. The first-order valence-corrected chi connectivity index (χ1v) is 32.1. The van der Waals surface area contributed by atoms with Crippen molar-refractivity contribution in [3.8, 4) is 0 Å². The van der Waals surface area contributed by atoms with Crippen LogP contribution in [0.3, 0.4) is 0 Å². The number of fused-ring (bicyclic) bond motifs is 7. The van der Waals surface area contributed by atoms with Gasteiger partial charge in [-0.2, -0.15) is 0 Å². The third-order valence-corrected chi connectivity index (χ3v) is 21.7. The average molecular weight is 1270 g/mol. The van der Waals surface area contributed by atoms with Crippen molar-refractivity contribution in [2.45, 2.75) is 189 Å². The highest BCUT2D eigenvalue weighted by Crippen LogP contribution is 2.63. The molecule has 2 aromatic rings. The molecule has 17 N–H and O–H groups in total. The minimum Gasteiger partial charge on any atom is -0.394 e.